The van der Waals surface area contributed by atoms with E-state index in [9.17, 15) is 9.90 Å². The SMILES string of the molecule is CCC1CCCC(Cc2cn(C)nn2)(C(=O)O)C1. The van der Waals surface area contributed by atoms with Crippen LogP contribution in [0.5, 0.6) is 0 Å². The number of aliphatic carboxylic acids is 1. The first-order chi connectivity index (χ1) is 8.55. The zero-order valence-corrected chi connectivity index (χ0v) is 11.1. The van der Waals surface area contributed by atoms with Gasteiger partial charge >= 0.3 is 5.97 Å². The Bertz CT molecular complexity index is 430. The molecular weight excluding hydrogens is 230 g/mol. The van der Waals surface area contributed by atoms with Gasteiger partial charge in [-0.15, -0.1) is 5.10 Å². The van der Waals surface area contributed by atoms with Crippen molar-refractivity contribution in [3.8, 4) is 0 Å². The smallest absolute Gasteiger partial charge is 0.310 e. The highest BCUT2D eigenvalue weighted by Crippen LogP contribution is 2.43. The first kappa shape index (κ1) is 13.1. The van der Waals surface area contributed by atoms with Crippen LogP contribution in [0, 0.1) is 11.3 Å². The van der Waals surface area contributed by atoms with Gasteiger partial charge in [0, 0.05) is 19.7 Å². The summed E-state index contributed by atoms with van der Waals surface area (Å²) in [6.07, 6.45) is 7.09. The normalized spacial score (nSPS) is 28.2. The fourth-order valence-electron chi connectivity index (χ4n) is 3.09. The van der Waals surface area contributed by atoms with Crippen LogP contribution in [0.1, 0.15) is 44.7 Å². The molecule has 1 fully saturated rings. The monoisotopic (exact) mass is 251 g/mol. The molecule has 0 bridgehead atoms. The third kappa shape index (κ3) is 2.54. The maximum Gasteiger partial charge on any atom is 0.310 e. The average molecular weight is 251 g/mol. The van der Waals surface area contributed by atoms with Crippen molar-refractivity contribution in [1.29, 1.82) is 0 Å². The molecule has 0 saturated heterocycles. The number of carbonyl (C=O) groups is 1. The van der Waals surface area contributed by atoms with Crippen LogP contribution in [0.2, 0.25) is 0 Å². The molecule has 1 heterocycles. The number of aryl methyl sites for hydroxylation is 1. The second-order valence-corrected chi connectivity index (χ2v) is 5.52. The van der Waals surface area contributed by atoms with Crippen molar-refractivity contribution in [2.45, 2.75) is 45.4 Å². The van der Waals surface area contributed by atoms with Crippen molar-refractivity contribution >= 4 is 5.97 Å². The molecule has 18 heavy (non-hydrogen) atoms. The molecule has 1 aliphatic rings. The maximum atomic E-state index is 11.7. The van der Waals surface area contributed by atoms with Gasteiger partial charge in [0.2, 0.25) is 0 Å². The summed E-state index contributed by atoms with van der Waals surface area (Å²) in [5.41, 5.74) is 0.159. The van der Waals surface area contributed by atoms with Crippen LogP contribution in [0.4, 0.5) is 0 Å². The van der Waals surface area contributed by atoms with Gasteiger partial charge in [-0.2, -0.15) is 0 Å². The lowest BCUT2D eigenvalue weighted by atomic mass is 9.66. The van der Waals surface area contributed by atoms with E-state index in [2.05, 4.69) is 17.2 Å². The van der Waals surface area contributed by atoms with Gasteiger partial charge in [0.15, 0.2) is 0 Å². The van der Waals surface area contributed by atoms with Crippen molar-refractivity contribution in [3.05, 3.63) is 11.9 Å². The second-order valence-electron chi connectivity index (χ2n) is 5.52. The number of hydrogen-bond acceptors (Lipinski definition) is 3. The minimum absolute atomic E-state index is 0.507. The summed E-state index contributed by atoms with van der Waals surface area (Å²) in [6, 6.07) is 0. The van der Waals surface area contributed by atoms with E-state index < -0.39 is 11.4 Å². The second kappa shape index (κ2) is 5.08. The number of aromatic nitrogens is 3. The van der Waals surface area contributed by atoms with Gasteiger partial charge < -0.3 is 5.11 Å². The van der Waals surface area contributed by atoms with Crippen LogP contribution in [-0.2, 0) is 18.3 Å². The van der Waals surface area contributed by atoms with E-state index in [-0.39, 0.29) is 0 Å². The van der Waals surface area contributed by atoms with Gasteiger partial charge in [0.05, 0.1) is 11.1 Å². The third-order valence-corrected chi connectivity index (χ3v) is 4.15. The molecule has 2 unspecified atom stereocenters. The summed E-state index contributed by atoms with van der Waals surface area (Å²) in [5.74, 6) is -0.141. The molecule has 1 aliphatic carbocycles. The molecule has 0 radical (unpaired) electrons. The summed E-state index contributed by atoms with van der Waals surface area (Å²) >= 11 is 0. The molecule has 100 valence electrons. The van der Waals surface area contributed by atoms with Crippen LogP contribution >= 0.6 is 0 Å². The third-order valence-electron chi connectivity index (χ3n) is 4.15. The van der Waals surface area contributed by atoms with Crippen molar-refractivity contribution in [1.82, 2.24) is 15.0 Å². The lowest BCUT2D eigenvalue weighted by Gasteiger charge is -2.37. The number of rotatable bonds is 4. The molecule has 1 N–H and O–H groups in total. The molecule has 2 atom stereocenters. The van der Waals surface area contributed by atoms with E-state index in [0.717, 1.165) is 37.8 Å². The van der Waals surface area contributed by atoms with E-state index in [4.69, 9.17) is 0 Å². The Balaban J connectivity index is 2.18. The predicted molar refractivity (Wildman–Crippen MR) is 67.0 cm³/mol. The number of hydrogen-bond donors (Lipinski definition) is 1. The van der Waals surface area contributed by atoms with E-state index >= 15 is 0 Å². The molecule has 1 aromatic heterocycles. The van der Waals surface area contributed by atoms with Gasteiger partial charge in [-0.05, 0) is 18.8 Å². The number of carboxylic acid groups (broad SMARTS) is 1. The number of carboxylic acids is 1. The maximum absolute atomic E-state index is 11.7. The zero-order valence-electron chi connectivity index (χ0n) is 11.1. The molecule has 1 saturated carbocycles. The molecule has 2 rings (SSSR count). The fourth-order valence-corrected chi connectivity index (χ4v) is 3.09. The summed E-state index contributed by atoms with van der Waals surface area (Å²) in [7, 11) is 1.81. The van der Waals surface area contributed by atoms with E-state index in [1.807, 2.05) is 6.20 Å². The Morgan fingerprint density at radius 1 is 1.67 bits per heavy atom. The van der Waals surface area contributed by atoms with Gasteiger partial charge in [-0.25, -0.2) is 0 Å². The molecule has 5 nitrogen and oxygen atoms in total. The summed E-state index contributed by atoms with van der Waals surface area (Å²) < 4.78 is 1.63. The summed E-state index contributed by atoms with van der Waals surface area (Å²) in [6.45, 7) is 2.14. The largest absolute Gasteiger partial charge is 0.481 e. The van der Waals surface area contributed by atoms with E-state index in [0.29, 0.717) is 12.3 Å². The van der Waals surface area contributed by atoms with Crippen LogP contribution < -0.4 is 0 Å². The van der Waals surface area contributed by atoms with E-state index in [1.54, 1.807) is 11.7 Å². The predicted octanol–water partition coefficient (Wildman–Crippen LogP) is 2.03. The van der Waals surface area contributed by atoms with Crippen molar-refractivity contribution in [2.75, 3.05) is 0 Å². The molecular formula is C13H21N3O2. The Morgan fingerprint density at radius 3 is 3.00 bits per heavy atom. The lowest BCUT2D eigenvalue weighted by Crippen LogP contribution is -2.38. The van der Waals surface area contributed by atoms with Crippen LogP contribution in [0.15, 0.2) is 6.20 Å². The lowest BCUT2D eigenvalue weighted by molar-refractivity contribution is -0.152. The molecule has 0 aliphatic heterocycles. The van der Waals surface area contributed by atoms with Crippen molar-refractivity contribution < 1.29 is 9.90 Å². The fraction of sp³-hybridized carbons (Fsp3) is 0.769. The van der Waals surface area contributed by atoms with Crippen LogP contribution in [0.3, 0.4) is 0 Å². The van der Waals surface area contributed by atoms with Gasteiger partial charge in [-0.1, -0.05) is 31.4 Å². The van der Waals surface area contributed by atoms with Crippen molar-refractivity contribution in [3.63, 3.8) is 0 Å². The van der Waals surface area contributed by atoms with Crippen LogP contribution in [-0.4, -0.2) is 26.1 Å². The summed E-state index contributed by atoms with van der Waals surface area (Å²) in [4.78, 5) is 11.7. The molecule has 1 aromatic rings. The van der Waals surface area contributed by atoms with Crippen LogP contribution in [0.25, 0.3) is 0 Å². The van der Waals surface area contributed by atoms with E-state index in [1.165, 1.54) is 0 Å². The van der Waals surface area contributed by atoms with Gasteiger partial charge in [0.25, 0.3) is 0 Å². The highest BCUT2D eigenvalue weighted by molar-refractivity contribution is 5.75. The quantitative estimate of drug-likeness (QED) is 0.889. The number of nitrogens with zero attached hydrogens (tertiary/aromatic N) is 3. The minimum Gasteiger partial charge on any atom is -0.481 e. The topological polar surface area (TPSA) is 68.0 Å². The molecule has 0 aromatic carbocycles. The highest BCUT2D eigenvalue weighted by atomic mass is 16.4. The Morgan fingerprint density at radius 2 is 2.44 bits per heavy atom. The first-order valence-electron chi connectivity index (χ1n) is 6.64. The highest BCUT2D eigenvalue weighted by Gasteiger charge is 2.43. The minimum atomic E-state index is -0.675. The Hall–Kier alpha value is -1.39. The molecule has 0 spiro atoms. The zero-order chi connectivity index (χ0) is 13.2. The van der Waals surface area contributed by atoms with Crippen molar-refractivity contribution in [2.24, 2.45) is 18.4 Å². The molecule has 0 amide bonds. The standard InChI is InChI=1S/C13H21N3O2/c1-3-10-5-4-6-13(7-10,12(17)18)8-11-9-16(2)15-14-11/h9-10H,3-8H2,1-2H3,(H,17,18). The van der Waals surface area contributed by atoms with Gasteiger partial charge in [0.1, 0.15) is 0 Å². The first-order valence-corrected chi connectivity index (χ1v) is 6.64. The van der Waals surface area contributed by atoms with Gasteiger partial charge in [-0.3, -0.25) is 9.48 Å². The Labute approximate surface area is 107 Å². The Kier molecular flexibility index (Phi) is 3.68. The average Bonchev–Trinajstić information content (AvgIpc) is 2.74. The summed E-state index contributed by atoms with van der Waals surface area (Å²) in [5, 5.41) is 17.5. The molecule has 5 heteroatoms.